The lowest BCUT2D eigenvalue weighted by Crippen LogP contribution is -2.01. The van der Waals surface area contributed by atoms with Gasteiger partial charge in [-0.3, -0.25) is 0 Å². The quantitative estimate of drug-likeness (QED) is 0.843. The van der Waals surface area contributed by atoms with Crippen molar-refractivity contribution in [2.75, 3.05) is 5.73 Å². The molecular weight excluding hydrogens is 269 g/mol. The minimum atomic E-state index is 0.389. The van der Waals surface area contributed by atoms with E-state index in [1.165, 1.54) is 0 Å². The molecule has 0 radical (unpaired) electrons. The topological polar surface area (TPSA) is 35.2 Å². The number of nitrogen functional groups attached to an aromatic ring is 1. The van der Waals surface area contributed by atoms with Crippen molar-refractivity contribution in [1.29, 1.82) is 0 Å². The molecular formula is C14H13Cl2NO. The van der Waals surface area contributed by atoms with Gasteiger partial charge >= 0.3 is 0 Å². The number of ether oxygens (including phenoxy) is 1. The summed E-state index contributed by atoms with van der Waals surface area (Å²) in [6, 6.07) is 11.0. The molecule has 0 saturated heterocycles. The first-order chi connectivity index (χ1) is 8.59. The second-order valence-corrected chi connectivity index (χ2v) is 4.79. The van der Waals surface area contributed by atoms with Crippen LogP contribution in [-0.2, 0) is 6.61 Å². The summed E-state index contributed by atoms with van der Waals surface area (Å²) in [4.78, 5) is 0. The van der Waals surface area contributed by atoms with Crippen LogP contribution in [0.1, 0.15) is 11.1 Å². The maximum absolute atomic E-state index is 6.03. The molecule has 0 aliphatic carbocycles. The lowest BCUT2D eigenvalue weighted by molar-refractivity contribution is 0.306. The van der Waals surface area contributed by atoms with Gasteiger partial charge in [-0.2, -0.15) is 0 Å². The third-order valence-corrected chi connectivity index (χ3v) is 3.37. The average Bonchev–Trinajstić information content (AvgIpc) is 2.33. The molecule has 0 bridgehead atoms. The Bertz CT molecular complexity index is 549. The van der Waals surface area contributed by atoms with Crippen molar-refractivity contribution in [3.05, 3.63) is 57.6 Å². The minimum absolute atomic E-state index is 0.389. The highest BCUT2D eigenvalue weighted by atomic mass is 35.5. The van der Waals surface area contributed by atoms with Crippen LogP contribution in [0.5, 0.6) is 5.75 Å². The monoisotopic (exact) mass is 281 g/mol. The van der Waals surface area contributed by atoms with Crippen molar-refractivity contribution in [1.82, 2.24) is 0 Å². The normalized spacial score (nSPS) is 10.4. The molecule has 2 N–H and O–H groups in total. The maximum Gasteiger partial charge on any atom is 0.156 e. The Morgan fingerprint density at radius 2 is 1.67 bits per heavy atom. The van der Waals surface area contributed by atoms with Crippen molar-refractivity contribution in [2.45, 2.75) is 13.5 Å². The number of nitrogens with two attached hydrogens (primary N) is 1. The fourth-order valence-corrected chi connectivity index (χ4v) is 2.14. The molecule has 2 aromatic rings. The van der Waals surface area contributed by atoms with E-state index < -0.39 is 0 Å². The highest BCUT2D eigenvalue weighted by Gasteiger charge is 2.08. The molecule has 0 aliphatic rings. The van der Waals surface area contributed by atoms with Gasteiger partial charge in [0.25, 0.3) is 0 Å². The second-order valence-electron chi connectivity index (χ2n) is 3.97. The van der Waals surface area contributed by atoms with Crippen molar-refractivity contribution in [2.24, 2.45) is 0 Å². The third-order valence-electron chi connectivity index (χ3n) is 2.78. The van der Waals surface area contributed by atoms with Crippen molar-refractivity contribution >= 4 is 28.9 Å². The summed E-state index contributed by atoms with van der Waals surface area (Å²) in [5.74, 6) is 0.502. The van der Waals surface area contributed by atoms with E-state index in [-0.39, 0.29) is 0 Å². The lowest BCUT2D eigenvalue weighted by atomic mass is 10.1. The molecule has 4 heteroatoms. The summed E-state index contributed by atoms with van der Waals surface area (Å²) < 4.78 is 5.67. The van der Waals surface area contributed by atoms with E-state index in [4.69, 9.17) is 33.7 Å². The van der Waals surface area contributed by atoms with E-state index in [2.05, 4.69) is 0 Å². The lowest BCUT2D eigenvalue weighted by Gasteiger charge is -2.12. The van der Waals surface area contributed by atoms with Gasteiger partial charge < -0.3 is 10.5 Å². The Kier molecular flexibility index (Phi) is 4.00. The van der Waals surface area contributed by atoms with Gasteiger partial charge in [-0.15, -0.1) is 0 Å². The van der Waals surface area contributed by atoms with Crippen molar-refractivity contribution in [3.63, 3.8) is 0 Å². The zero-order valence-corrected chi connectivity index (χ0v) is 11.4. The van der Waals surface area contributed by atoms with Gasteiger partial charge in [0, 0.05) is 5.69 Å². The Balaban J connectivity index is 2.19. The van der Waals surface area contributed by atoms with E-state index in [0.717, 1.165) is 16.8 Å². The van der Waals surface area contributed by atoms with Crippen LogP contribution >= 0.6 is 23.2 Å². The van der Waals surface area contributed by atoms with Crippen molar-refractivity contribution < 1.29 is 4.74 Å². The number of anilines is 1. The highest BCUT2D eigenvalue weighted by molar-refractivity contribution is 6.37. The Morgan fingerprint density at radius 3 is 2.33 bits per heavy atom. The van der Waals surface area contributed by atoms with Crippen LogP contribution in [0.4, 0.5) is 5.69 Å². The van der Waals surface area contributed by atoms with Crippen LogP contribution in [0, 0.1) is 6.92 Å². The maximum atomic E-state index is 6.03. The minimum Gasteiger partial charge on any atom is -0.486 e. The van der Waals surface area contributed by atoms with E-state index >= 15 is 0 Å². The van der Waals surface area contributed by atoms with Gasteiger partial charge in [-0.25, -0.2) is 0 Å². The van der Waals surface area contributed by atoms with Crippen molar-refractivity contribution in [3.8, 4) is 5.75 Å². The molecule has 0 unspecified atom stereocenters. The zero-order valence-electron chi connectivity index (χ0n) is 9.91. The first-order valence-corrected chi connectivity index (χ1v) is 6.26. The molecule has 2 rings (SSSR count). The number of hydrogen-bond donors (Lipinski definition) is 1. The van der Waals surface area contributed by atoms with Gasteiger partial charge in [0.2, 0.25) is 0 Å². The van der Waals surface area contributed by atoms with Gasteiger partial charge in [-0.05, 0) is 36.2 Å². The van der Waals surface area contributed by atoms with Crippen LogP contribution < -0.4 is 10.5 Å². The number of para-hydroxylation sites is 1. The number of hydrogen-bond acceptors (Lipinski definition) is 2. The van der Waals surface area contributed by atoms with Gasteiger partial charge in [-0.1, -0.05) is 41.4 Å². The second kappa shape index (κ2) is 5.51. The van der Waals surface area contributed by atoms with E-state index in [0.29, 0.717) is 22.4 Å². The molecule has 2 aromatic carbocycles. The summed E-state index contributed by atoms with van der Waals surface area (Å²) in [5, 5.41) is 1.01. The average molecular weight is 282 g/mol. The zero-order chi connectivity index (χ0) is 13.1. The number of rotatable bonds is 3. The summed E-state index contributed by atoms with van der Waals surface area (Å²) in [7, 11) is 0. The van der Waals surface area contributed by atoms with Crippen LogP contribution in [0.25, 0.3) is 0 Å². The molecule has 0 aliphatic heterocycles. The summed E-state index contributed by atoms with van der Waals surface area (Å²) in [6.45, 7) is 2.35. The summed E-state index contributed by atoms with van der Waals surface area (Å²) in [5.41, 5.74) is 8.63. The van der Waals surface area contributed by atoms with Crippen LogP contribution in [0.3, 0.4) is 0 Å². The van der Waals surface area contributed by atoms with Gasteiger partial charge in [0.15, 0.2) is 5.75 Å². The van der Waals surface area contributed by atoms with Crippen LogP contribution in [0.15, 0.2) is 36.4 Å². The first-order valence-electron chi connectivity index (χ1n) is 5.50. The number of benzene rings is 2. The van der Waals surface area contributed by atoms with Gasteiger partial charge in [0.05, 0.1) is 10.0 Å². The molecule has 0 saturated carbocycles. The molecule has 0 amide bonds. The molecule has 0 heterocycles. The standard InChI is InChI=1S/C14H13Cl2NO/c1-9-10(4-2-7-13(9)17)8-18-14-11(15)5-3-6-12(14)16/h2-7H,8,17H2,1H3. The molecule has 0 atom stereocenters. The summed E-state index contributed by atoms with van der Waals surface area (Å²) >= 11 is 12.1. The van der Waals surface area contributed by atoms with Crippen LogP contribution in [-0.4, -0.2) is 0 Å². The highest BCUT2D eigenvalue weighted by Crippen LogP contribution is 2.33. The largest absolute Gasteiger partial charge is 0.486 e. The third kappa shape index (κ3) is 2.71. The Morgan fingerprint density at radius 1 is 1.06 bits per heavy atom. The SMILES string of the molecule is Cc1c(N)cccc1COc1c(Cl)cccc1Cl. The van der Waals surface area contributed by atoms with Crippen LogP contribution in [0.2, 0.25) is 10.0 Å². The smallest absolute Gasteiger partial charge is 0.156 e. The summed E-state index contributed by atoms with van der Waals surface area (Å²) in [6.07, 6.45) is 0. The molecule has 0 fully saturated rings. The molecule has 0 aromatic heterocycles. The van der Waals surface area contributed by atoms with E-state index in [9.17, 15) is 0 Å². The first kappa shape index (κ1) is 13.1. The number of halogens is 2. The predicted octanol–water partition coefficient (Wildman–Crippen LogP) is 4.46. The fraction of sp³-hybridized carbons (Fsp3) is 0.143. The van der Waals surface area contributed by atoms with Gasteiger partial charge in [0.1, 0.15) is 6.61 Å². The molecule has 18 heavy (non-hydrogen) atoms. The Hall–Kier alpha value is -1.38. The van der Waals surface area contributed by atoms with E-state index in [1.54, 1.807) is 18.2 Å². The molecule has 2 nitrogen and oxygen atoms in total. The molecule has 0 spiro atoms. The van der Waals surface area contributed by atoms with E-state index in [1.807, 2.05) is 25.1 Å². The fourth-order valence-electron chi connectivity index (χ4n) is 1.63. The predicted molar refractivity (Wildman–Crippen MR) is 76.4 cm³/mol. The molecule has 94 valence electrons. The Labute approximate surface area is 116 Å².